The molecule has 100 valence electrons. The standard InChI is InChI=1S/C14H15FN2O2/c1-8-6-11(4-5-13(8)15)14(18)16-7-12-9(2)17-19-10(12)3/h4-6H,7H2,1-3H3,(H,16,18). The molecule has 0 aliphatic rings. The fraction of sp³-hybridized carbons (Fsp3) is 0.286. The molecule has 0 fully saturated rings. The first-order valence-electron chi connectivity index (χ1n) is 5.95. The van der Waals surface area contributed by atoms with Gasteiger partial charge in [0.2, 0.25) is 0 Å². The third-order valence-corrected chi connectivity index (χ3v) is 3.03. The number of carbonyl (C=O) groups excluding carboxylic acids is 1. The number of rotatable bonds is 3. The van der Waals surface area contributed by atoms with Crippen LogP contribution in [-0.4, -0.2) is 11.1 Å². The summed E-state index contributed by atoms with van der Waals surface area (Å²) in [5.74, 6) is 0.124. The number of nitrogens with one attached hydrogen (secondary N) is 1. The van der Waals surface area contributed by atoms with Crippen LogP contribution < -0.4 is 5.32 Å². The molecule has 5 heteroatoms. The molecule has 0 saturated carbocycles. The molecule has 1 N–H and O–H groups in total. The fourth-order valence-electron chi connectivity index (χ4n) is 1.81. The van der Waals surface area contributed by atoms with Crippen LogP contribution in [0, 0.1) is 26.6 Å². The second kappa shape index (κ2) is 5.22. The Morgan fingerprint density at radius 2 is 2.11 bits per heavy atom. The summed E-state index contributed by atoms with van der Waals surface area (Å²) in [5.41, 5.74) is 2.51. The molecule has 1 aromatic carbocycles. The number of nitrogens with zero attached hydrogens (tertiary/aromatic N) is 1. The van der Waals surface area contributed by atoms with E-state index in [1.165, 1.54) is 18.2 Å². The summed E-state index contributed by atoms with van der Waals surface area (Å²) >= 11 is 0. The Morgan fingerprint density at radius 1 is 1.37 bits per heavy atom. The molecule has 0 spiro atoms. The van der Waals surface area contributed by atoms with Crippen LogP contribution in [0.15, 0.2) is 22.7 Å². The van der Waals surface area contributed by atoms with Gasteiger partial charge in [-0.05, 0) is 44.5 Å². The molecule has 0 aliphatic heterocycles. The maximum atomic E-state index is 13.1. The number of aromatic nitrogens is 1. The van der Waals surface area contributed by atoms with E-state index in [1.807, 2.05) is 6.92 Å². The van der Waals surface area contributed by atoms with Crippen molar-refractivity contribution in [3.05, 3.63) is 52.2 Å². The first-order chi connectivity index (χ1) is 8.99. The molecule has 2 aromatic rings. The quantitative estimate of drug-likeness (QED) is 0.925. The van der Waals surface area contributed by atoms with Crippen molar-refractivity contribution in [2.45, 2.75) is 27.3 Å². The third kappa shape index (κ3) is 2.81. The zero-order chi connectivity index (χ0) is 14.0. The number of halogens is 1. The summed E-state index contributed by atoms with van der Waals surface area (Å²) in [7, 11) is 0. The van der Waals surface area contributed by atoms with Crippen LogP contribution >= 0.6 is 0 Å². The van der Waals surface area contributed by atoms with Crippen molar-refractivity contribution in [1.29, 1.82) is 0 Å². The molecule has 19 heavy (non-hydrogen) atoms. The molecule has 0 radical (unpaired) electrons. The van der Waals surface area contributed by atoms with Gasteiger partial charge in [0.15, 0.2) is 0 Å². The Bertz CT molecular complexity index is 600. The van der Waals surface area contributed by atoms with Gasteiger partial charge in [-0.2, -0.15) is 0 Å². The molecule has 2 rings (SSSR count). The SMILES string of the molecule is Cc1cc(C(=O)NCc2c(C)noc2C)ccc1F. The first-order valence-corrected chi connectivity index (χ1v) is 5.95. The predicted octanol–water partition coefficient (Wildman–Crippen LogP) is 2.67. The van der Waals surface area contributed by atoms with Crippen molar-refractivity contribution in [1.82, 2.24) is 10.5 Å². The van der Waals surface area contributed by atoms with Gasteiger partial charge in [0.05, 0.1) is 5.69 Å². The largest absolute Gasteiger partial charge is 0.361 e. The average molecular weight is 262 g/mol. The van der Waals surface area contributed by atoms with Gasteiger partial charge < -0.3 is 9.84 Å². The first kappa shape index (κ1) is 13.3. The normalized spacial score (nSPS) is 10.5. The van der Waals surface area contributed by atoms with Crippen LogP contribution in [0.1, 0.15) is 32.9 Å². The maximum Gasteiger partial charge on any atom is 0.251 e. The lowest BCUT2D eigenvalue weighted by Gasteiger charge is -2.06. The second-order valence-corrected chi connectivity index (χ2v) is 4.45. The molecule has 0 saturated heterocycles. The highest BCUT2D eigenvalue weighted by Gasteiger charge is 2.12. The van der Waals surface area contributed by atoms with Crippen molar-refractivity contribution in [2.75, 3.05) is 0 Å². The van der Waals surface area contributed by atoms with E-state index < -0.39 is 0 Å². The van der Waals surface area contributed by atoms with E-state index in [0.717, 1.165) is 11.3 Å². The zero-order valence-corrected chi connectivity index (χ0v) is 11.1. The van der Waals surface area contributed by atoms with Crippen LogP contribution in [0.4, 0.5) is 4.39 Å². The van der Waals surface area contributed by atoms with Gasteiger partial charge in [-0.15, -0.1) is 0 Å². The molecule has 1 aromatic heterocycles. The van der Waals surface area contributed by atoms with Crippen molar-refractivity contribution >= 4 is 5.91 Å². The van der Waals surface area contributed by atoms with Crippen molar-refractivity contribution < 1.29 is 13.7 Å². The van der Waals surface area contributed by atoms with E-state index >= 15 is 0 Å². The van der Waals surface area contributed by atoms with Crippen molar-refractivity contribution in [3.63, 3.8) is 0 Å². The Balaban J connectivity index is 2.07. The van der Waals surface area contributed by atoms with E-state index in [4.69, 9.17) is 4.52 Å². The Hall–Kier alpha value is -2.17. The minimum atomic E-state index is -0.317. The highest BCUT2D eigenvalue weighted by molar-refractivity contribution is 5.94. The minimum absolute atomic E-state index is 0.247. The van der Waals surface area contributed by atoms with Gasteiger partial charge in [0.25, 0.3) is 5.91 Å². The summed E-state index contributed by atoms with van der Waals surface area (Å²) in [6, 6.07) is 4.28. The second-order valence-electron chi connectivity index (χ2n) is 4.45. The van der Waals surface area contributed by atoms with E-state index in [-0.39, 0.29) is 11.7 Å². The number of carbonyl (C=O) groups is 1. The summed E-state index contributed by atoms with van der Waals surface area (Å²) < 4.78 is 18.1. The van der Waals surface area contributed by atoms with Gasteiger partial charge >= 0.3 is 0 Å². The molecule has 0 bridgehead atoms. The average Bonchev–Trinajstić information content (AvgIpc) is 2.69. The minimum Gasteiger partial charge on any atom is -0.361 e. The lowest BCUT2D eigenvalue weighted by Crippen LogP contribution is -2.23. The lowest BCUT2D eigenvalue weighted by atomic mass is 10.1. The molecular weight excluding hydrogens is 247 g/mol. The summed E-state index contributed by atoms with van der Waals surface area (Å²) in [4.78, 5) is 11.9. The van der Waals surface area contributed by atoms with Crippen molar-refractivity contribution in [3.8, 4) is 0 Å². The third-order valence-electron chi connectivity index (χ3n) is 3.03. The number of hydrogen-bond donors (Lipinski definition) is 1. The molecule has 0 atom stereocenters. The van der Waals surface area contributed by atoms with E-state index in [0.29, 0.717) is 23.4 Å². The van der Waals surface area contributed by atoms with E-state index in [1.54, 1.807) is 13.8 Å². The Morgan fingerprint density at radius 3 is 2.68 bits per heavy atom. The van der Waals surface area contributed by atoms with Gasteiger partial charge in [-0.1, -0.05) is 5.16 Å². The van der Waals surface area contributed by atoms with Crippen molar-refractivity contribution in [2.24, 2.45) is 0 Å². The summed E-state index contributed by atoms with van der Waals surface area (Å²) in [6.45, 7) is 5.58. The highest BCUT2D eigenvalue weighted by atomic mass is 19.1. The number of amides is 1. The van der Waals surface area contributed by atoms with Gasteiger partial charge in [-0.25, -0.2) is 4.39 Å². The van der Waals surface area contributed by atoms with Gasteiger partial charge in [-0.3, -0.25) is 4.79 Å². The molecule has 0 unspecified atom stereocenters. The van der Waals surface area contributed by atoms with Crippen LogP contribution in [0.25, 0.3) is 0 Å². The van der Waals surface area contributed by atoms with Gasteiger partial charge in [0.1, 0.15) is 11.6 Å². The molecule has 0 aliphatic carbocycles. The van der Waals surface area contributed by atoms with Crippen LogP contribution in [0.5, 0.6) is 0 Å². The molecule has 1 heterocycles. The fourth-order valence-corrected chi connectivity index (χ4v) is 1.81. The molecule has 1 amide bonds. The number of benzene rings is 1. The zero-order valence-electron chi connectivity index (χ0n) is 11.1. The number of hydrogen-bond acceptors (Lipinski definition) is 3. The Labute approximate surface area is 110 Å². The van der Waals surface area contributed by atoms with Gasteiger partial charge in [0, 0.05) is 17.7 Å². The van der Waals surface area contributed by atoms with Crippen LogP contribution in [0.2, 0.25) is 0 Å². The predicted molar refractivity (Wildman–Crippen MR) is 68.3 cm³/mol. The van der Waals surface area contributed by atoms with Crippen LogP contribution in [-0.2, 0) is 6.54 Å². The van der Waals surface area contributed by atoms with E-state index in [2.05, 4.69) is 10.5 Å². The van der Waals surface area contributed by atoms with E-state index in [9.17, 15) is 9.18 Å². The molecule has 4 nitrogen and oxygen atoms in total. The number of aryl methyl sites for hydroxylation is 3. The smallest absolute Gasteiger partial charge is 0.251 e. The summed E-state index contributed by atoms with van der Waals surface area (Å²) in [5, 5.41) is 6.58. The van der Waals surface area contributed by atoms with Crippen LogP contribution in [0.3, 0.4) is 0 Å². The Kier molecular flexibility index (Phi) is 3.64. The topological polar surface area (TPSA) is 55.1 Å². The molecular formula is C14H15FN2O2. The summed E-state index contributed by atoms with van der Waals surface area (Å²) in [6.07, 6.45) is 0. The highest BCUT2D eigenvalue weighted by Crippen LogP contribution is 2.13. The maximum absolute atomic E-state index is 13.1. The lowest BCUT2D eigenvalue weighted by molar-refractivity contribution is 0.0950. The monoisotopic (exact) mass is 262 g/mol.